The standard InChI is InChI=1S/C26H28N2O4/c1-27-26(30)24(19-8-4-2-5-9-19)28-25(29)23-17-16-22(32-23)18-12-14-21(15-13-18)31-20-10-6-3-7-11-20/h3,6-7,10-17,19,24H,2,4-5,8-9H2,1H3,(H,27,30)(H,28,29)/t24-/m0/s1. The Morgan fingerprint density at radius 1 is 0.906 bits per heavy atom. The first-order valence-electron chi connectivity index (χ1n) is 11.1. The van der Waals surface area contributed by atoms with Gasteiger partial charge < -0.3 is 19.8 Å². The fourth-order valence-electron chi connectivity index (χ4n) is 4.16. The van der Waals surface area contributed by atoms with Crippen LogP contribution in [0.5, 0.6) is 11.5 Å². The zero-order valence-corrected chi connectivity index (χ0v) is 18.2. The summed E-state index contributed by atoms with van der Waals surface area (Å²) in [6.07, 6.45) is 5.24. The Morgan fingerprint density at radius 3 is 2.28 bits per heavy atom. The number of para-hydroxylation sites is 1. The van der Waals surface area contributed by atoms with Gasteiger partial charge in [0, 0.05) is 12.6 Å². The van der Waals surface area contributed by atoms with Crippen molar-refractivity contribution in [2.45, 2.75) is 38.1 Å². The lowest BCUT2D eigenvalue weighted by Crippen LogP contribution is -2.50. The summed E-state index contributed by atoms with van der Waals surface area (Å²) in [5.41, 5.74) is 0.833. The number of hydrogen-bond donors (Lipinski definition) is 2. The summed E-state index contributed by atoms with van der Waals surface area (Å²) in [5.74, 6) is 1.86. The topological polar surface area (TPSA) is 80.6 Å². The Hall–Kier alpha value is -3.54. The molecule has 1 aliphatic carbocycles. The number of carbonyl (C=O) groups is 2. The molecule has 1 heterocycles. The molecule has 2 N–H and O–H groups in total. The largest absolute Gasteiger partial charge is 0.457 e. The van der Waals surface area contributed by atoms with Gasteiger partial charge in [0.15, 0.2) is 5.76 Å². The quantitative estimate of drug-likeness (QED) is 0.540. The molecule has 0 bridgehead atoms. The van der Waals surface area contributed by atoms with E-state index in [0.29, 0.717) is 11.5 Å². The number of rotatable bonds is 7. The van der Waals surface area contributed by atoms with E-state index in [9.17, 15) is 9.59 Å². The van der Waals surface area contributed by atoms with Gasteiger partial charge in [-0.05, 0) is 67.3 Å². The molecule has 6 nitrogen and oxygen atoms in total. The minimum absolute atomic E-state index is 0.152. The van der Waals surface area contributed by atoms with Crippen molar-refractivity contribution in [1.82, 2.24) is 10.6 Å². The van der Waals surface area contributed by atoms with Crippen molar-refractivity contribution in [2.75, 3.05) is 7.05 Å². The fourth-order valence-corrected chi connectivity index (χ4v) is 4.16. The molecule has 6 heteroatoms. The highest BCUT2D eigenvalue weighted by Crippen LogP contribution is 2.29. The first-order chi connectivity index (χ1) is 15.6. The van der Waals surface area contributed by atoms with E-state index in [2.05, 4.69) is 10.6 Å². The molecule has 1 saturated carbocycles. The zero-order chi connectivity index (χ0) is 22.3. The van der Waals surface area contributed by atoms with Gasteiger partial charge in [-0.15, -0.1) is 0 Å². The van der Waals surface area contributed by atoms with Crippen LogP contribution in [0.1, 0.15) is 42.7 Å². The Labute approximate surface area is 188 Å². The van der Waals surface area contributed by atoms with Gasteiger partial charge in [-0.3, -0.25) is 9.59 Å². The Morgan fingerprint density at radius 2 is 1.59 bits per heavy atom. The van der Waals surface area contributed by atoms with Gasteiger partial charge >= 0.3 is 0 Å². The molecule has 1 aromatic heterocycles. The summed E-state index contributed by atoms with van der Waals surface area (Å²) in [6, 6.07) is 19.9. The van der Waals surface area contributed by atoms with Crippen LogP contribution in [0.15, 0.2) is 71.1 Å². The highest BCUT2D eigenvalue weighted by atomic mass is 16.5. The second kappa shape index (κ2) is 10.2. The third-order valence-corrected chi connectivity index (χ3v) is 5.88. The molecule has 1 aliphatic rings. The second-order valence-corrected chi connectivity index (χ2v) is 8.07. The highest BCUT2D eigenvalue weighted by Gasteiger charge is 2.31. The van der Waals surface area contributed by atoms with E-state index in [1.54, 1.807) is 19.2 Å². The summed E-state index contributed by atoms with van der Waals surface area (Å²) < 4.78 is 11.6. The first kappa shape index (κ1) is 21.7. The highest BCUT2D eigenvalue weighted by molar-refractivity contribution is 5.96. The van der Waals surface area contributed by atoms with Crippen LogP contribution in [0.4, 0.5) is 0 Å². The summed E-state index contributed by atoms with van der Waals surface area (Å²) in [5, 5.41) is 5.57. The molecule has 4 rings (SSSR count). The summed E-state index contributed by atoms with van der Waals surface area (Å²) in [6.45, 7) is 0. The number of amides is 2. The van der Waals surface area contributed by atoms with E-state index < -0.39 is 6.04 Å². The predicted octanol–water partition coefficient (Wildman–Crippen LogP) is 5.16. The molecule has 1 atom stereocenters. The predicted molar refractivity (Wildman–Crippen MR) is 123 cm³/mol. The van der Waals surface area contributed by atoms with Gasteiger partial charge in [-0.1, -0.05) is 37.5 Å². The molecular formula is C26H28N2O4. The van der Waals surface area contributed by atoms with Crippen molar-refractivity contribution in [1.29, 1.82) is 0 Å². The lowest BCUT2D eigenvalue weighted by Gasteiger charge is -2.29. The van der Waals surface area contributed by atoms with Gasteiger partial charge in [0.05, 0.1) is 0 Å². The van der Waals surface area contributed by atoms with Crippen LogP contribution in [0.25, 0.3) is 11.3 Å². The van der Waals surface area contributed by atoms with Crippen molar-refractivity contribution < 1.29 is 18.7 Å². The van der Waals surface area contributed by atoms with E-state index >= 15 is 0 Å². The molecule has 1 fully saturated rings. The fraction of sp³-hybridized carbons (Fsp3) is 0.308. The van der Waals surface area contributed by atoms with Gasteiger partial charge in [0.25, 0.3) is 5.91 Å². The average molecular weight is 433 g/mol. The van der Waals surface area contributed by atoms with Gasteiger partial charge in [0.2, 0.25) is 5.91 Å². The van der Waals surface area contributed by atoms with E-state index in [4.69, 9.17) is 9.15 Å². The van der Waals surface area contributed by atoms with Crippen LogP contribution in [0.2, 0.25) is 0 Å². The number of benzene rings is 2. The SMILES string of the molecule is CNC(=O)[C@@H](NC(=O)c1ccc(-c2ccc(Oc3ccccc3)cc2)o1)C1CCCCC1. The molecule has 0 aliphatic heterocycles. The smallest absolute Gasteiger partial charge is 0.287 e. The maximum atomic E-state index is 12.8. The Balaban J connectivity index is 1.43. The van der Waals surface area contributed by atoms with Crippen molar-refractivity contribution in [3.63, 3.8) is 0 Å². The minimum atomic E-state index is -0.546. The molecule has 0 spiro atoms. The van der Waals surface area contributed by atoms with Gasteiger partial charge in [-0.25, -0.2) is 0 Å². The van der Waals surface area contributed by atoms with Crippen molar-refractivity contribution in [3.05, 3.63) is 72.5 Å². The lowest BCUT2D eigenvalue weighted by atomic mass is 9.83. The molecule has 3 aromatic rings. The summed E-state index contributed by atoms with van der Waals surface area (Å²) >= 11 is 0. The lowest BCUT2D eigenvalue weighted by molar-refractivity contribution is -0.124. The van der Waals surface area contributed by atoms with E-state index in [0.717, 1.165) is 37.0 Å². The van der Waals surface area contributed by atoms with Gasteiger partial charge in [0.1, 0.15) is 23.3 Å². The van der Waals surface area contributed by atoms with Crippen LogP contribution < -0.4 is 15.4 Å². The summed E-state index contributed by atoms with van der Waals surface area (Å²) in [4.78, 5) is 25.2. The van der Waals surface area contributed by atoms with Crippen LogP contribution >= 0.6 is 0 Å². The molecule has 0 unspecified atom stereocenters. The van der Waals surface area contributed by atoms with E-state index in [-0.39, 0.29) is 23.5 Å². The Kier molecular flexibility index (Phi) is 6.90. The molecule has 0 saturated heterocycles. The number of hydrogen-bond acceptors (Lipinski definition) is 4. The molecular weight excluding hydrogens is 404 g/mol. The van der Waals surface area contributed by atoms with Crippen LogP contribution in [-0.2, 0) is 4.79 Å². The van der Waals surface area contributed by atoms with Gasteiger partial charge in [-0.2, -0.15) is 0 Å². The third-order valence-electron chi connectivity index (χ3n) is 5.88. The molecule has 2 aromatic carbocycles. The number of carbonyl (C=O) groups excluding carboxylic acids is 2. The second-order valence-electron chi connectivity index (χ2n) is 8.07. The zero-order valence-electron chi connectivity index (χ0n) is 18.2. The first-order valence-corrected chi connectivity index (χ1v) is 11.1. The number of ether oxygens (including phenoxy) is 1. The maximum Gasteiger partial charge on any atom is 0.287 e. The van der Waals surface area contributed by atoms with E-state index in [1.807, 2.05) is 54.6 Å². The normalized spacial score (nSPS) is 15.0. The summed E-state index contributed by atoms with van der Waals surface area (Å²) in [7, 11) is 1.60. The number of nitrogens with one attached hydrogen (secondary N) is 2. The van der Waals surface area contributed by atoms with E-state index in [1.165, 1.54) is 6.42 Å². The number of likely N-dealkylation sites (N-methyl/N-ethyl adjacent to an activating group) is 1. The molecule has 32 heavy (non-hydrogen) atoms. The molecule has 166 valence electrons. The third kappa shape index (κ3) is 5.19. The molecule has 0 radical (unpaired) electrons. The minimum Gasteiger partial charge on any atom is -0.457 e. The Bertz CT molecular complexity index is 1040. The van der Waals surface area contributed by atoms with Crippen molar-refractivity contribution in [3.8, 4) is 22.8 Å². The van der Waals surface area contributed by atoms with Crippen molar-refractivity contribution >= 4 is 11.8 Å². The van der Waals surface area contributed by atoms with Crippen LogP contribution in [0, 0.1) is 5.92 Å². The molecule has 2 amide bonds. The maximum absolute atomic E-state index is 12.8. The van der Waals surface area contributed by atoms with Crippen LogP contribution in [-0.4, -0.2) is 24.9 Å². The monoisotopic (exact) mass is 432 g/mol. The number of furan rings is 1. The average Bonchev–Trinajstić information content (AvgIpc) is 3.34. The van der Waals surface area contributed by atoms with Crippen LogP contribution in [0.3, 0.4) is 0 Å². The van der Waals surface area contributed by atoms with Crippen molar-refractivity contribution in [2.24, 2.45) is 5.92 Å².